The van der Waals surface area contributed by atoms with E-state index in [0.717, 1.165) is 6.08 Å². The Morgan fingerprint density at radius 3 is 2.41 bits per heavy atom. The second-order valence-corrected chi connectivity index (χ2v) is 5.05. The number of nitrogens with two attached hydrogens (primary N) is 1. The highest BCUT2D eigenvalue weighted by Crippen LogP contribution is 2.21. The number of benzene rings is 1. The topological polar surface area (TPSA) is 107 Å². The number of carboxylic acid groups (broad SMARTS) is 1. The predicted octanol–water partition coefficient (Wildman–Crippen LogP) is 1.47. The summed E-state index contributed by atoms with van der Waals surface area (Å²) in [5.41, 5.74) is 4.55. The van der Waals surface area contributed by atoms with Crippen LogP contribution in [0.1, 0.15) is 12.0 Å². The Morgan fingerprint density at radius 1 is 1.36 bits per heavy atom. The van der Waals surface area contributed by atoms with Crippen molar-refractivity contribution in [1.82, 2.24) is 0 Å². The number of carbonyl (C=O) groups is 3. The summed E-state index contributed by atoms with van der Waals surface area (Å²) in [4.78, 5) is 34.4. The number of carboxylic acids is 1. The van der Waals surface area contributed by atoms with E-state index in [-0.39, 0.29) is 6.61 Å². The first-order valence-corrected chi connectivity index (χ1v) is 6.73. The van der Waals surface area contributed by atoms with Crippen LogP contribution in [0.2, 0.25) is 0 Å². The van der Waals surface area contributed by atoms with Crippen LogP contribution in [0.3, 0.4) is 0 Å². The zero-order valence-electron chi connectivity index (χ0n) is 11.7. The van der Waals surface area contributed by atoms with Gasteiger partial charge in [-0.2, -0.15) is 0 Å². The van der Waals surface area contributed by atoms with Gasteiger partial charge in [0.05, 0.1) is 0 Å². The van der Waals surface area contributed by atoms with Crippen LogP contribution in [0, 0.1) is 5.92 Å². The minimum Gasteiger partial charge on any atom is -0.481 e. The van der Waals surface area contributed by atoms with Crippen molar-refractivity contribution in [3.8, 4) is 0 Å². The smallest absolute Gasteiger partial charge is 0.320 e. The summed E-state index contributed by atoms with van der Waals surface area (Å²) in [5.74, 6) is -4.06. The van der Waals surface area contributed by atoms with Gasteiger partial charge in [-0.1, -0.05) is 36.4 Å². The summed E-state index contributed by atoms with van der Waals surface area (Å²) in [6, 6.07) is 8.76. The van der Waals surface area contributed by atoms with Crippen LogP contribution in [0.15, 0.2) is 43.0 Å². The van der Waals surface area contributed by atoms with Crippen LogP contribution < -0.4 is 5.73 Å². The number of aliphatic carboxylic acids is 1. The van der Waals surface area contributed by atoms with Gasteiger partial charge in [0.25, 0.3) is 0 Å². The van der Waals surface area contributed by atoms with Gasteiger partial charge < -0.3 is 15.6 Å². The fourth-order valence-corrected chi connectivity index (χ4v) is 1.84. The van der Waals surface area contributed by atoms with Gasteiger partial charge in [-0.25, -0.2) is 0 Å². The third-order valence-corrected chi connectivity index (χ3v) is 3.43. The van der Waals surface area contributed by atoms with Crippen LogP contribution >= 0.6 is 11.6 Å². The molecule has 0 aliphatic heterocycles. The number of hydrogen-bond donors (Lipinski definition) is 2. The second kappa shape index (κ2) is 7.72. The van der Waals surface area contributed by atoms with Gasteiger partial charge in [-0.15, -0.1) is 6.58 Å². The Morgan fingerprint density at radius 2 is 1.95 bits per heavy atom. The summed E-state index contributed by atoms with van der Waals surface area (Å²) in [5, 5.41) is 8.14. The fraction of sp³-hybridized carbons (Fsp3) is 0.267. The maximum Gasteiger partial charge on any atom is 0.320 e. The van der Waals surface area contributed by atoms with E-state index in [2.05, 4.69) is 6.58 Å². The van der Waals surface area contributed by atoms with Crippen molar-refractivity contribution >= 4 is 28.8 Å². The highest BCUT2D eigenvalue weighted by Gasteiger charge is 2.39. The van der Waals surface area contributed by atoms with E-state index in [1.807, 2.05) is 0 Å². The lowest BCUT2D eigenvalue weighted by atomic mass is 9.89. The predicted molar refractivity (Wildman–Crippen MR) is 80.0 cm³/mol. The average Bonchev–Trinajstić information content (AvgIpc) is 2.50. The van der Waals surface area contributed by atoms with Gasteiger partial charge in [0, 0.05) is 6.42 Å². The molecule has 118 valence electrons. The first-order chi connectivity index (χ1) is 10.3. The Balaban J connectivity index is 2.78. The molecule has 0 aromatic heterocycles. The standard InChI is InChI=1S/C15H16ClNO5/c1-2-15(17,14(16)21)8-11(12(18)19)13(20)22-9-10-6-4-3-5-7-10/h2-7,11H,1,8-9,17H2,(H,18,19)/t11?,15-/m0/s1. The van der Waals surface area contributed by atoms with E-state index >= 15 is 0 Å². The normalized spacial score (nSPS) is 14.5. The summed E-state index contributed by atoms with van der Waals surface area (Å²) in [6.45, 7) is 3.26. The molecule has 0 amide bonds. The fourth-order valence-electron chi connectivity index (χ4n) is 1.68. The monoisotopic (exact) mass is 325 g/mol. The van der Waals surface area contributed by atoms with Crippen LogP contribution in [0.5, 0.6) is 0 Å². The molecule has 0 aliphatic rings. The van der Waals surface area contributed by atoms with E-state index in [0.29, 0.717) is 5.56 Å². The van der Waals surface area contributed by atoms with Gasteiger partial charge in [-0.3, -0.25) is 14.4 Å². The van der Waals surface area contributed by atoms with Gasteiger partial charge >= 0.3 is 11.9 Å². The third kappa shape index (κ3) is 4.68. The highest BCUT2D eigenvalue weighted by atomic mass is 35.5. The molecule has 3 N–H and O–H groups in total. The van der Waals surface area contributed by atoms with Gasteiger partial charge in [-0.05, 0) is 17.2 Å². The molecule has 7 heteroatoms. The van der Waals surface area contributed by atoms with Crippen molar-refractivity contribution in [2.24, 2.45) is 11.7 Å². The minimum absolute atomic E-state index is 0.0794. The van der Waals surface area contributed by atoms with Crippen molar-refractivity contribution in [2.45, 2.75) is 18.6 Å². The van der Waals surface area contributed by atoms with Crippen LogP contribution in [0.25, 0.3) is 0 Å². The summed E-state index contributed by atoms with van der Waals surface area (Å²) in [6.07, 6.45) is 0.491. The molecule has 0 saturated carbocycles. The Hall–Kier alpha value is -2.18. The maximum absolute atomic E-state index is 11.9. The van der Waals surface area contributed by atoms with E-state index in [4.69, 9.17) is 27.2 Å². The molecule has 0 heterocycles. The van der Waals surface area contributed by atoms with Gasteiger partial charge in [0.1, 0.15) is 12.1 Å². The molecule has 2 atom stereocenters. The first-order valence-electron chi connectivity index (χ1n) is 6.36. The van der Waals surface area contributed by atoms with E-state index in [1.165, 1.54) is 0 Å². The molecule has 22 heavy (non-hydrogen) atoms. The zero-order valence-corrected chi connectivity index (χ0v) is 12.5. The molecule has 1 aromatic carbocycles. The highest BCUT2D eigenvalue weighted by molar-refractivity contribution is 6.66. The van der Waals surface area contributed by atoms with Crippen molar-refractivity contribution in [3.05, 3.63) is 48.6 Å². The second-order valence-electron chi connectivity index (χ2n) is 4.71. The van der Waals surface area contributed by atoms with Crippen LogP contribution in [-0.2, 0) is 25.7 Å². The lowest BCUT2D eigenvalue weighted by Gasteiger charge is -2.23. The number of hydrogen-bond acceptors (Lipinski definition) is 5. The summed E-state index contributed by atoms with van der Waals surface area (Å²) >= 11 is 5.33. The quantitative estimate of drug-likeness (QED) is 0.324. The molecule has 0 spiro atoms. The van der Waals surface area contributed by atoms with Crippen LogP contribution in [0.4, 0.5) is 0 Å². The Kier molecular flexibility index (Phi) is 6.27. The first kappa shape index (κ1) is 17.9. The van der Waals surface area contributed by atoms with E-state index in [9.17, 15) is 14.4 Å². The molecule has 0 fully saturated rings. The molecular weight excluding hydrogens is 310 g/mol. The Bertz CT molecular complexity index is 575. The average molecular weight is 326 g/mol. The molecular formula is C15H16ClNO5. The number of rotatable bonds is 8. The lowest BCUT2D eigenvalue weighted by molar-refractivity contribution is -0.160. The third-order valence-electron chi connectivity index (χ3n) is 3.08. The summed E-state index contributed by atoms with van der Waals surface area (Å²) < 4.78 is 4.96. The van der Waals surface area contributed by atoms with E-state index < -0.39 is 35.1 Å². The van der Waals surface area contributed by atoms with Crippen molar-refractivity contribution in [2.75, 3.05) is 0 Å². The molecule has 6 nitrogen and oxygen atoms in total. The molecule has 1 rings (SSSR count). The van der Waals surface area contributed by atoms with Gasteiger partial charge in [0.2, 0.25) is 5.24 Å². The lowest BCUT2D eigenvalue weighted by Crippen LogP contribution is -2.47. The number of esters is 1. The number of carbonyl (C=O) groups excluding carboxylic acids is 2. The number of halogens is 1. The van der Waals surface area contributed by atoms with Crippen LogP contribution in [-0.4, -0.2) is 27.8 Å². The molecule has 0 aliphatic carbocycles. The van der Waals surface area contributed by atoms with Crippen molar-refractivity contribution < 1.29 is 24.2 Å². The van der Waals surface area contributed by atoms with Crippen molar-refractivity contribution in [1.29, 1.82) is 0 Å². The van der Waals surface area contributed by atoms with Gasteiger partial charge in [0.15, 0.2) is 5.92 Å². The SMILES string of the molecule is C=C[C@](N)(CC(C(=O)O)C(=O)OCc1ccccc1)C(=O)Cl. The zero-order chi connectivity index (χ0) is 16.8. The number of ether oxygens (including phenoxy) is 1. The van der Waals surface area contributed by atoms with E-state index in [1.54, 1.807) is 30.3 Å². The maximum atomic E-state index is 11.9. The summed E-state index contributed by atoms with van der Waals surface area (Å²) in [7, 11) is 0. The largest absolute Gasteiger partial charge is 0.481 e. The molecule has 1 aromatic rings. The minimum atomic E-state index is -1.81. The molecule has 1 unspecified atom stereocenters. The molecule has 0 bridgehead atoms. The molecule has 0 saturated heterocycles. The van der Waals surface area contributed by atoms with Crippen molar-refractivity contribution in [3.63, 3.8) is 0 Å². The molecule has 0 radical (unpaired) electrons. The Labute approximate surface area is 132 Å².